The molecule has 0 fully saturated rings. The number of aromatic nitrogens is 1. The first kappa shape index (κ1) is 14.1. The second-order valence-corrected chi connectivity index (χ2v) is 4.80. The minimum Gasteiger partial charge on any atom is -0.347 e. The monoisotopic (exact) mass is 257 g/mol. The fourth-order valence-electron chi connectivity index (χ4n) is 1.64. The predicted octanol–water partition coefficient (Wildman–Crippen LogP) is 2.19. The van der Waals surface area contributed by atoms with E-state index in [1.54, 1.807) is 12.3 Å². The van der Waals surface area contributed by atoms with Gasteiger partial charge in [-0.3, -0.25) is 4.79 Å². The number of nitrogens with one attached hydrogen (secondary N) is 1. The summed E-state index contributed by atoms with van der Waals surface area (Å²) in [6.45, 7) is 6.45. The fourth-order valence-corrected chi connectivity index (χ4v) is 1.85. The van der Waals surface area contributed by atoms with Crippen molar-refractivity contribution in [3.8, 4) is 0 Å². The molecule has 0 aromatic carbocycles. The lowest BCUT2D eigenvalue weighted by Gasteiger charge is -2.17. The van der Waals surface area contributed by atoms with Crippen molar-refractivity contribution in [3.63, 3.8) is 0 Å². The van der Waals surface area contributed by atoms with E-state index in [0.29, 0.717) is 17.3 Å². The number of halogens is 1. The number of nitrogens with two attached hydrogens (primary N) is 1. The Balaban J connectivity index is 2.88. The highest BCUT2D eigenvalue weighted by molar-refractivity contribution is 6.31. The van der Waals surface area contributed by atoms with Crippen LogP contribution in [0.3, 0.4) is 0 Å². The van der Waals surface area contributed by atoms with Crippen molar-refractivity contribution in [2.75, 3.05) is 6.54 Å². The van der Waals surface area contributed by atoms with Crippen molar-refractivity contribution < 1.29 is 4.79 Å². The van der Waals surface area contributed by atoms with E-state index < -0.39 is 0 Å². The smallest absolute Gasteiger partial charge is 0.268 e. The zero-order valence-electron chi connectivity index (χ0n) is 10.5. The van der Waals surface area contributed by atoms with Gasteiger partial charge in [-0.25, -0.2) is 0 Å². The molecule has 3 N–H and O–H groups in total. The van der Waals surface area contributed by atoms with Crippen LogP contribution in [0.25, 0.3) is 0 Å². The number of nitrogens with zero attached hydrogens (tertiary/aromatic N) is 1. The molecule has 0 bridgehead atoms. The summed E-state index contributed by atoms with van der Waals surface area (Å²) in [5.74, 6) is -0.122. The molecule has 4 nitrogen and oxygen atoms in total. The Morgan fingerprint density at radius 1 is 1.59 bits per heavy atom. The third-order valence-electron chi connectivity index (χ3n) is 2.72. The lowest BCUT2D eigenvalue weighted by Crippen LogP contribution is -2.40. The minimum atomic E-state index is -0.122. The van der Waals surface area contributed by atoms with Gasteiger partial charge in [-0.05, 0) is 26.3 Å². The first-order chi connectivity index (χ1) is 7.99. The molecule has 0 aliphatic carbocycles. The average Bonchev–Trinajstić information content (AvgIpc) is 2.68. The Labute approximate surface area is 107 Å². The van der Waals surface area contributed by atoms with Crippen LogP contribution in [0, 0.1) is 0 Å². The first-order valence-corrected chi connectivity index (χ1v) is 6.25. The van der Waals surface area contributed by atoms with E-state index in [4.69, 9.17) is 17.3 Å². The maximum Gasteiger partial charge on any atom is 0.268 e. The molecule has 17 heavy (non-hydrogen) atoms. The molecular formula is C12H20ClN3O. The zero-order valence-corrected chi connectivity index (χ0v) is 11.3. The lowest BCUT2D eigenvalue weighted by molar-refractivity contribution is 0.0926. The summed E-state index contributed by atoms with van der Waals surface area (Å²) in [6, 6.07) is 1.89. The van der Waals surface area contributed by atoms with Gasteiger partial charge in [0.05, 0.1) is 5.02 Å². The molecule has 0 spiro atoms. The third-order valence-corrected chi connectivity index (χ3v) is 2.92. The highest BCUT2D eigenvalue weighted by Crippen LogP contribution is 2.18. The molecule has 1 rings (SSSR count). The van der Waals surface area contributed by atoms with Gasteiger partial charge >= 0.3 is 0 Å². The summed E-state index contributed by atoms with van der Waals surface area (Å²) in [6.07, 6.45) is 2.59. The molecule has 1 atom stereocenters. The SMILES string of the molecule is CCC(CN)NC(=O)c1cc(Cl)cn1C(C)C. The van der Waals surface area contributed by atoms with Gasteiger partial charge in [0.25, 0.3) is 5.91 Å². The maximum atomic E-state index is 12.1. The lowest BCUT2D eigenvalue weighted by atomic mass is 10.2. The van der Waals surface area contributed by atoms with Crippen molar-refractivity contribution in [1.29, 1.82) is 0 Å². The molecule has 96 valence electrons. The quantitative estimate of drug-likeness (QED) is 0.850. The number of hydrogen-bond donors (Lipinski definition) is 2. The van der Waals surface area contributed by atoms with Crippen molar-refractivity contribution in [3.05, 3.63) is 23.0 Å². The Bertz CT molecular complexity index is 383. The van der Waals surface area contributed by atoms with E-state index in [2.05, 4.69) is 5.32 Å². The molecule has 1 heterocycles. The Kier molecular flexibility index (Phi) is 5.02. The Morgan fingerprint density at radius 3 is 2.71 bits per heavy atom. The van der Waals surface area contributed by atoms with Crippen LogP contribution in [-0.4, -0.2) is 23.1 Å². The number of carbonyl (C=O) groups is 1. The minimum absolute atomic E-state index is 0.0109. The van der Waals surface area contributed by atoms with E-state index in [1.165, 1.54) is 0 Å². The molecule has 0 saturated carbocycles. The molecule has 1 aromatic rings. The van der Waals surface area contributed by atoms with Crippen molar-refractivity contribution in [2.45, 2.75) is 39.3 Å². The summed E-state index contributed by atoms with van der Waals surface area (Å²) < 4.78 is 1.86. The van der Waals surface area contributed by atoms with E-state index >= 15 is 0 Å². The third kappa shape index (κ3) is 3.48. The van der Waals surface area contributed by atoms with Crippen LogP contribution < -0.4 is 11.1 Å². The molecule has 0 aliphatic heterocycles. The largest absolute Gasteiger partial charge is 0.347 e. The highest BCUT2D eigenvalue weighted by atomic mass is 35.5. The standard InChI is InChI=1S/C12H20ClN3O/c1-4-10(6-14)15-12(17)11-5-9(13)7-16(11)8(2)3/h5,7-8,10H,4,6,14H2,1-3H3,(H,15,17). The number of rotatable bonds is 5. The fraction of sp³-hybridized carbons (Fsp3) is 0.583. The molecule has 5 heteroatoms. The predicted molar refractivity (Wildman–Crippen MR) is 70.4 cm³/mol. The van der Waals surface area contributed by atoms with Gasteiger partial charge in [-0.1, -0.05) is 18.5 Å². The van der Waals surface area contributed by atoms with Gasteiger partial charge in [0.2, 0.25) is 0 Å². The van der Waals surface area contributed by atoms with Crippen LogP contribution in [0.15, 0.2) is 12.3 Å². The van der Waals surface area contributed by atoms with Crippen molar-refractivity contribution in [2.24, 2.45) is 5.73 Å². The first-order valence-electron chi connectivity index (χ1n) is 5.87. The van der Waals surface area contributed by atoms with Crippen LogP contribution in [0.1, 0.15) is 43.7 Å². The number of amides is 1. The maximum absolute atomic E-state index is 12.1. The van der Waals surface area contributed by atoms with Crippen LogP contribution in [0.4, 0.5) is 0 Å². The number of hydrogen-bond acceptors (Lipinski definition) is 2. The van der Waals surface area contributed by atoms with E-state index in [9.17, 15) is 4.79 Å². The zero-order chi connectivity index (χ0) is 13.0. The average molecular weight is 258 g/mol. The molecule has 0 saturated heterocycles. The van der Waals surface area contributed by atoms with E-state index in [0.717, 1.165) is 6.42 Å². The van der Waals surface area contributed by atoms with Crippen LogP contribution in [-0.2, 0) is 0 Å². The second kappa shape index (κ2) is 6.07. The highest BCUT2D eigenvalue weighted by Gasteiger charge is 2.17. The molecule has 1 unspecified atom stereocenters. The van der Waals surface area contributed by atoms with Gasteiger partial charge < -0.3 is 15.6 Å². The summed E-state index contributed by atoms with van der Waals surface area (Å²) in [5, 5.41) is 3.47. The van der Waals surface area contributed by atoms with Gasteiger partial charge in [-0.15, -0.1) is 0 Å². The molecular weight excluding hydrogens is 238 g/mol. The van der Waals surface area contributed by atoms with Crippen LogP contribution in [0.5, 0.6) is 0 Å². The van der Waals surface area contributed by atoms with Gasteiger partial charge in [-0.2, -0.15) is 0 Å². The molecule has 0 aliphatic rings. The Morgan fingerprint density at radius 2 is 2.24 bits per heavy atom. The van der Waals surface area contributed by atoms with Gasteiger partial charge in [0.1, 0.15) is 5.69 Å². The van der Waals surface area contributed by atoms with Crippen LogP contribution >= 0.6 is 11.6 Å². The van der Waals surface area contributed by atoms with Crippen molar-refractivity contribution in [1.82, 2.24) is 9.88 Å². The molecule has 0 radical (unpaired) electrons. The topological polar surface area (TPSA) is 60.0 Å². The normalized spacial score (nSPS) is 12.8. The van der Waals surface area contributed by atoms with E-state index in [-0.39, 0.29) is 18.0 Å². The summed E-state index contributed by atoms with van der Waals surface area (Å²) in [4.78, 5) is 12.1. The Hall–Kier alpha value is -1.00. The summed E-state index contributed by atoms with van der Waals surface area (Å²) in [7, 11) is 0. The van der Waals surface area contributed by atoms with Crippen molar-refractivity contribution >= 4 is 17.5 Å². The van der Waals surface area contributed by atoms with E-state index in [1.807, 2.05) is 25.3 Å². The van der Waals surface area contributed by atoms with Crippen LogP contribution in [0.2, 0.25) is 5.02 Å². The van der Waals surface area contributed by atoms with Gasteiger partial charge in [0, 0.05) is 24.8 Å². The summed E-state index contributed by atoms with van der Waals surface area (Å²) in [5.41, 5.74) is 6.15. The molecule has 1 amide bonds. The number of carbonyl (C=O) groups excluding carboxylic acids is 1. The molecule has 1 aromatic heterocycles. The second-order valence-electron chi connectivity index (χ2n) is 4.36. The summed E-state index contributed by atoms with van der Waals surface area (Å²) >= 11 is 5.93. The van der Waals surface area contributed by atoms with Gasteiger partial charge in [0.15, 0.2) is 0 Å².